The molecule has 1 N–H and O–H groups in total. The Morgan fingerprint density at radius 3 is 2.59 bits per heavy atom. The van der Waals surface area contributed by atoms with Crippen LogP contribution in [0.15, 0.2) is 10.9 Å². The summed E-state index contributed by atoms with van der Waals surface area (Å²) in [5.41, 5.74) is 1.15. The van der Waals surface area contributed by atoms with E-state index in [4.69, 9.17) is 5.11 Å². The predicted molar refractivity (Wildman–Crippen MR) is 70.1 cm³/mol. The fraction of sp³-hybridized carbons (Fsp3) is 0.500. The van der Waals surface area contributed by atoms with Crippen LogP contribution in [0.1, 0.15) is 28.5 Å². The number of carboxylic acids is 1. The second-order valence-electron chi connectivity index (χ2n) is 4.09. The number of rotatable bonds is 4. The molecule has 0 bridgehead atoms. The lowest BCUT2D eigenvalue weighted by molar-refractivity contribution is 0.0694. The zero-order chi connectivity index (χ0) is 13.2. The number of nitrogens with zero attached hydrogens (tertiary/aromatic N) is 1. The number of aromatic carboxylic acids is 1. The van der Waals surface area contributed by atoms with Crippen molar-refractivity contribution in [3.63, 3.8) is 0 Å². The highest BCUT2D eigenvalue weighted by Gasteiger charge is 2.16. The first-order chi connectivity index (χ1) is 7.88. The van der Waals surface area contributed by atoms with Crippen molar-refractivity contribution in [3.8, 4) is 0 Å². The largest absolute Gasteiger partial charge is 0.478 e. The van der Waals surface area contributed by atoms with Gasteiger partial charge in [-0.05, 0) is 25.7 Å². The van der Waals surface area contributed by atoms with E-state index in [9.17, 15) is 9.59 Å². The highest BCUT2D eigenvalue weighted by molar-refractivity contribution is 7.99. The molecular weight excluding hydrogens is 238 g/mol. The molecule has 1 atom stereocenters. The van der Waals surface area contributed by atoms with Gasteiger partial charge < -0.3 is 9.67 Å². The molecule has 94 valence electrons. The second-order valence-corrected chi connectivity index (χ2v) is 5.36. The molecular formula is C12H17NO3S. The Balaban J connectivity index is 3.36. The number of hydrogen-bond acceptors (Lipinski definition) is 3. The zero-order valence-corrected chi connectivity index (χ0v) is 11.3. The zero-order valence-electron chi connectivity index (χ0n) is 10.5. The number of hydrogen-bond donors (Lipinski definition) is 1. The molecule has 0 spiro atoms. The first kappa shape index (κ1) is 13.8. The van der Waals surface area contributed by atoms with Gasteiger partial charge in [0.05, 0.1) is 5.56 Å². The molecule has 0 aliphatic carbocycles. The molecule has 1 heterocycles. The number of carbonyl (C=O) groups is 1. The summed E-state index contributed by atoms with van der Waals surface area (Å²) in [7, 11) is 0. The number of aromatic nitrogens is 1. The summed E-state index contributed by atoms with van der Waals surface area (Å²) in [6, 6.07) is 1.39. The summed E-state index contributed by atoms with van der Waals surface area (Å²) in [6.45, 7) is 5.88. The molecule has 0 saturated heterocycles. The van der Waals surface area contributed by atoms with Crippen molar-refractivity contribution < 1.29 is 9.90 Å². The molecule has 1 rings (SSSR count). The van der Waals surface area contributed by atoms with E-state index in [2.05, 4.69) is 0 Å². The quantitative estimate of drug-likeness (QED) is 0.893. The predicted octanol–water partition coefficient (Wildman–Crippen LogP) is 1.91. The number of carboxylic acid groups (broad SMARTS) is 1. The molecule has 4 nitrogen and oxygen atoms in total. The van der Waals surface area contributed by atoms with Gasteiger partial charge in [0, 0.05) is 23.6 Å². The summed E-state index contributed by atoms with van der Waals surface area (Å²) in [6.07, 6.45) is 1.97. The lowest BCUT2D eigenvalue weighted by atomic mass is 10.1. The van der Waals surface area contributed by atoms with Crippen LogP contribution in [0.4, 0.5) is 0 Å². The molecule has 0 aromatic carbocycles. The maximum atomic E-state index is 11.8. The summed E-state index contributed by atoms with van der Waals surface area (Å²) < 4.78 is 1.54. The highest BCUT2D eigenvalue weighted by atomic mass is 32.2. The minimum Gasteiger partial charge on any atom is -0.478 e. The van der Waals surface area contributed by atoms with Crippen LogP contribution in [-0.2, 0) is 6.54 Å². The summed E-state index contributed by atoms with van der Waals surface area (Å²) in [5, 5.41) is 9.41. The Morgan fingerprint density at radius 2 is 2.12 bits per heavy atom. The Kier molecular flexibility index (Phi) is 4.40. The molecule has 17 heavy (non-hydrogen) atoms. The first-order valence-electron chi connectivity index (χ1n) is 5.35. The minimum absolute atomic E-state index is 0.133. The van der Waals surface area contributed by atoms with Crippen molar-refractivity contribution >= 4 is 17.7 Å². The van der Waals surface area contributed by atoms with E-state index < -0.39 is 5.97 Å². The molecule has 1 aromatic rings. The summed E-state index contributed by atoms with van der Waals surface area (Å²) in [4.78, 5) is 23.0. The molecule has 0 saturated carbocycles. The molecule has 5 heteroatoms. The third-order valence-electron chi connectivity index (χ3n) is 2.82. The Hall–Kier alpha value is -1.23. The fourth-order valence-electron chi connectivity index (χ4n) is 1.80. The third kappa shape index (κ3) is 2.91. The average molecular weight is 255 g/mol. The molecule has 0 aliphatic rings. The Labute approximate surface area is 105 Å². The van der Waals surface area contributed by atoms with Gasteiger partial charge in [-0.1, -0.05) is 6.92 Å². The monoisotopic (exact) mass is 255 g/mol. The van der Waals surface area contributed by atoms with Crippen molar-refractivity contribution in [1.82, 2.24) is 4.57 Å². The van der Waals surface area contributed by atoms with Gasteiger partial charge in [0.15, 0.2) is 0 Å². The van der Waals surface area contributed by atoms with E-state index >= 15 is 0 Å². The van der Waals surface area contributed by atoms with Gasteiger partial charge in [0.25, 0.3) is 5.56 Å². The van der Waals surface area contributed by atoms with E-state index in [1.54, 1.807) is 25.6 Å². The van der Waals surface area contributed by atoms with Crippen LogP contribution < -0.4 is 5.56 Å². The SMILES string of the molecule is CSC(C)Cn1c(C)c(C(=O)O)c(C)cc1=O. The second kappa shape index (κ2) is 5.40. The number of pyridine rings is 1. The lowest BCUT2D eigenvalue weighted by Gasteiger charge is -2.16. The maximum absolute atomic E-state index is 11.8. The molecule has 0 fully saturated rings. The van der Waals surface area contributed by atoms with E-state index in [0.717, 1.165) is 0 Å². The topological polar surface area (TPSA) is 59.3 Å². The van der Waals surface area contributed by atoms with Crippen LogP contribution in [0.25, 0.3) is 0 Å². The van der Waals surface area contributed by atoms with Crippen LogP contribution in [0.3, 0.4) is 0 Å². The van der Waals surface area contributed by atoms with Gasteiger partial charge in [0.2, 0.25) is 0 Å². The van der Waals surface area contributed by atoms with Crippen LogP contribution in [0.5, 0.6) is 0 Å². The highest BCUT2D eigenvalue weighted by Crippen LogP contribution is 2.14. The average Bonchev–Trinajstić information content (AvgIpc) is 2.22. The van der Waals surface area contributed by atoms with Gasteiger partial charge in [-0.25, -0.2) is 4.79 Å². The molecule has 1 unspecified atom stereocenters. The minimum atomic E-state index is -0.981. The van der Waals surface area contributed by atoms with Gasteiger partial charge in [-0.2, -0.15) is 11.8 Å². The van der Waals surface area contributed by atoms with E-state index in [0.29, 0.717) is 17.8 Å². The number of thioether (sulfide) groups is 1. The van der Waals surface area contributed by atoms with Gasteiger partial charge >= 0.3 is 5.97 Å². The van der Waals surface area contributed by atoms with Gasteiger partial charge in [-0.15, -0.1) is 0 Å². The molecule has 0 amide bonds. The van der Waals surface area contributed by atoms with Crippen molar-refractivity contribution in [2.75, 3.05) is 6.26 Å². The third-order valence-corrected chi connectivity index (χ3v) is 3.78. The smallest absolute Gasteiger partial charge is 0.337 e. The number of aryl methyl sites for hydroxylation is 1. The normalized spacial score (nSPS) is 12.5. The van der Waals surface area contributed by atoms with Crippen molar-refractivity contribution in [2.24, 2.45) is 0 Å². The van der Waals surface area contributed by atoms with E-state index in [1.807, 2.05) is 13.2 Å². The van der Waals surface area contributed by atoms with Crippen molar-refractivity contribution in [2.45, 2.75) is 32.6 Å². The summed E-state index contributed by atoms with van der Waals surface area (Å²) >= 11 is 1.65. The van der Waals surface area contributed by atoms with Crippen LogP contribution in [0.2, 0.25) is 0 Å². The van der Waals surface area contributed by atoms with Gasteiger partial charge in [0.1, 0.15) is 0 Å². The van der Waals surface area contributed by atoms with Crippen LogP contribution >= 0.6 is 11.8 Å². The van der Waals surface area contributed by atoms with Gasteiger partial charge in [-0.3, -0.25) is 4.79 Å². The van der Waals surface area contributed by atoms with Crippen LogP contribution in [0, 0.1) is 13.8 Å². The Morgan fingerprint density at radius 1 is 1.53 bits per heavy atom. The van der Waals surface area contributed by atoms with Crippen molar-refractivity contribution in [3.05, 3.63) is 33.2 Å². The lowest BCUT2D eigenvalue weighted by Crippen LogP contribution is -2.28. The van der Waals surface area contributed by atoms with Crippen molar-refractivity contribution in [1.29, 1.82) is 0 Å². The van der Waals surface area contributed by atoms with Crippen LogP contribution in [-0.4, -0.2) is 27.1 Å². The maximum Gasteiger partial charge on any atom is 0.337 e. The standard InChI is InChI=1S/C12H17NO3S/c1-7-5-10(14)13(6-8(2)17-4)9(3)11(7)12(15)16/h5,8H,6H2,1-4H3,(H,15,16). The van der Waals surface area contributed by atoms with E-state index in [-0.39, 0.29) is 16.4 Å². The molecule has 0 radical (unpaired) electrons. The fourth-order valence-corrected chi connectivity index (χ4v) is 2.10. The first-order valence-corrected chi connectivity index (χ1v) is 6.64. The summed E-state index contributed by atoms with van der Waals surface area (Å²) in [5.74, 6) is -0.981. The molecule has 0 aliphatic heterocycles. The van der Waals surface area contributed by atoms with E-state index in [1.165, 1.54) is 10.6 Å². The Bertz CT molecular complexity index is 493. The molecule has 1 aromatic heterocycles.